The van der Waals surface area contributed by atoms with Crippen LogP contribution in [0.4, 0.5) is 0 Å². The molecule has 0 radical (unpaired) electrons. The minimum atomic E-state index is -0.854. The summed E-state index contributed by atoms with van der Waals surface area (Å²) in [5.74, 6) is -0.302. The van der Waals surface area contributed by atoms with Gasteiger partial charge in [-0.05, 0) is 25.1 Å². The van der Waals surface area contributed by atoms with Gasteiger partial charge in [0, 0.05) is 26.5 Å². The third-order valence-corrected chi connectivity index (χ3v) is 2.81. The molecular formula is C14H17N3O4. The molecule has 0 aliphatic carbocycles. The minimum Gasteiger partial charge on any atom is -0.452 e. The lowest BCUT2D eigenvalue weighted by Gasteiger charge is -2.16. The van der Waals surface area contributed by atoms with E-state index in [0.717, 1.165) is 0 Å². The standard InChI is InChI=1S/C14H17N3O4/c1-10(13(18)16(2)3)20-14(19)12-6-5-11(21-12)9-17-8-4-7-15-17/h4-8,10H,9H2,1-3H3. The Balaban J connectivity index is 1.97. The Kier molecular flexibility index (Phi) is 4.42. The lowest BCUT2D eigenvalue weighted by Crippen LogP contribution is -2.34. The van der Waals surface area contributed by atoms with Gasteiger partial charge in [-0.3, -0.25) is 9.48 Å². The van der Waals surface area contributed by atoms with E-state index >= 15 is 0 Å². The first-order chi connectivity index (χ1) is 9.97. The summed E-state index contributed by atoms with van der Waals surface area (Å²) in [5.41, 5.74) is 0. The maximum Gasteiger partial charge on any atom is 0.375 e. The maximum atomic E-state index is 11.9. The zero-order valence-electron chi connectivity index (χ0n) is 12.1. The van der Waals surface area contributed by atoms with Crippen molar-refractivity contribution < 1.29 is 18.7 Å². The van der Waals surface area contributed by atoms with Crippen LogP contribution in [0.1, 0.15) is 23.2 Å². The molecule has 21 heavy (non-hydrogen) atoms. The molecule has 0 N–H and O–H groups in total. The van der Waals surface area contributed by atoms with Crippen molar-refractivity contribution in [1.29, 1.82) is 0 Å². The topological polar surface area (TPSA) is 77.6 Å². The van der Waals surface area contributed by atoms with E-state index < -0.39 is 12.1 Å². The van der Waals surface area contributed by atoms with Gasteiger partial charge in [0.1, 0.15) is 5.76 Å². The highest BCUT2D eigenvalue weighted by Crippen LogP contribution is 2.12. The van der Waals surface area contributed by atoms with Gasteiger partial charge in [0.05, 0.1) is 6.54 Å². The largest absolute Gasteiger partial charge is 0.452 e. The summed E-state index contributed by atoms with van der Waals surface area (Å²) in [6, 6.07) is 5.00. The first-order valence-electron chi connectivity index (χ1n) is 6.45. The minimum absolute atomic E-state index is 0.0653. The van der Waals surface area contributed by atoms with Crippen LogP contribution in [0, 0.1) is 0 Å². The van der Waals surface area contributed by atoms with E-state index in [1.165, 1.54) is 17.9 Å². The molecule has 2 heterocycles. The van der Waals surface area contributed by atoms with Crippen molar-refractivity contribution in [2.75, 3.05) is 14.1 Å². The third-order valence-electron chi connectivity index (χ3n) is 2.81. The van der Waals surface area contributed by atoms with Crippen LogP contribution in [0.2, 0.25) is 0 Å². The molecule has 0 aliphatic rings. The van der Waals surface area contributed by atoms with E-state index in [1.54, 1.807) is 43.3 Å². The molecule has 0 aliphatic heterocycles. The van der Waals surface area contributed by atoms with Crippen molar-refractivity contribution in [3.05, 3.63) is 42.1 Å². The highest BCUT2D eigenvalue weighted by Gasteiger charge is 2.22. The number of carbonyl (C=O) groups excluding carboxylic acids is 2. The molecule has 2 rings (SSSR count). The number of likely N-dealkylation sites (N-methyl/N-ethyl adjacent to an activating group) is 1. The summed E-state index contributed by atoms with van der Waals surface area (Å²) in [6.45, 7) is 1.94. The number of carbonyl (C=O) groups is 2. The van der Waals surface area contributed by atoms with Crippen LogP contribution in [-0.4, -0.2) is 46.8 Å². The number of nitrogens with zero attached hydrogens (tertiary/aromatic N) is 3. The molecule has 0 saturated carbocycles. The van der Waals surface area contributed by atoms with Crippen molar-refractivity contribution >= 4 is 11.9 Å². The molecule has 112 valence electrons. The molecule has 0 spiro atoms. The lowest BCUT2D eigenvalue weighted by molar-refractivity contribution is -0.137. The fourth-order valence-corrected chi connectivity index (χ4v) is 1.76. The summed E-state index contributed by atoms with van der Waals surface area (Å²) >= 11 is 0. The quantitative estimate of drug-likeness (QED) is 0.772. The molecule has 0 aromatic carbocycles. The molecule has 0 bridgehead atoms. The maximum absolute atomic E-state index is 11.9. The van der Waals surface area contributed by atoms with E-state index in [-0.39, 0.29) is 11.7 Å². The van der Waals surface area contributed by atoms with Gasteiger partial charge in [-0.1, -0.05) is 0 Å². The highest BCUT2D eigenvalue weighted by atomic mass is 16.6. The monoisotopic (exact) mass is 291 g/mol. The van der Waals surface area contributed by atoms with Gasteiger partial charge in [-0.15, -0.1) is 0 Å². The summed E-state index contributed by atoms with van der Waals surface area (Å²) in [4.78, 5) is 24.9. The second-order valence-electron chi connectivity index (χ2n) is 4.75. The van der Waals surface area contributed by atoms with Crippen LogP contribution in [-0.2, 0) is 16.1 Å². The molecule has 2 aromatic rings. The second kappa shape index (κ2) is 6.25. The van der Waals surface area contributed by atoms with Crippen molar-refractivity contribution in [1.82, 2.24) is 14.7 Å². The van der Waals surface area contributed by atoms with E-state index in [1.807, 2.05) is 0 Å². The summed E-state index contributed by atoms with van der Waals surface area (Å²) < 4.78 is 12.1. The molecule has 0 fully saturated rings. The summed E-state index contributed by atoms with van der Waals surface area (Å²) in [5, 5.41) is 4.05. The number of aromatic nitrogens is 2. The van der Waals surface area contributed by atoms with Crippen LogP contribution >= 0.6 is 0 Å². The number of furan rings is 1. The highest BCUT2D eigenvalue weighted by molar-refractivity contribution is 5.89. The predicted molar refractivity (Wildman–Crippen MR) is 73.6 cm³/mol. The average Bonchev–Trinajstić information content (AvgIpc) is 3.09. The third kappa shape index (κ3) is 3.71. The number of rotatable bonds is 5. The van der Waals surface area contributed by atoms with E-state index in [0.29, 0.717) is 12.3 Å². The SMILES string of the molecule is CC(OC(=O)c1ccc(Cn2cccn2)o1)C(=O)N(C)C. The Morgan fingerprint density at radius 1 is 1.43 bits per heavy atom. The zero-order valence-corrected chi connectivity index (χ0v) is 12.1. The first-order valence-corrected chi connectivity index (χ1v) is 6.45. The van der Waals surface area contributed by atoms with Crippen LogP contribution < -0.4 is 0 Å². The summed E-state index contributed by atoms with van der Waals surface area (Å²) in [6.07, 6.45) is 2.59. The molecule has 7 heteroatoms. The summed E-state index contributed by atoms with van der Waals surface area (Å²) in [7, 11) is 3.20. The fourth-order valence-electron chi connectivity index (χ4n) is 1.76. The van der Waals surface area contributed by atoms with Crippen LogP contribution in [0.15, 0.2) is 35.0 Å². The fraction of sp³-hybridized carbons (Fsp3) is 0.357. The van der Waals surface area contributed by atoms with Gasteiger partial charge < -0.3 is 14.1 Å². The second-order valence-corrected chi connectivity index (χ2v) is 4.75. The van der Waals surface area contributed by atoms with E-state index in [9.17, 15) is 9.59 Å². The van der Waals surface area contributed by atoms with Gasteiger partial charge in [0.25, 0.3) is 5.91 Å². The van der Waals surface area contributed by atoms with Gasteiger partial charge in [-0.25, -0.2) is 4.79 Å². The van der Waals surface area contributed by atoms with Gasteiger partial charge in [0.15, 0.2) is 6.10 Å². The van der Waals surface area contributed by atoms with E-state index in [4.69, 9.17) is 9.15 Å². The zero-order chi connectivity index (χ0) is 15.4. The number of hydrogen-bond acceptors (Lipinski definition) is 5. The average molecular weight is 291 g/mol. The number of hydrogen-bond donors (Lipinski definition) is 0. The van der Waals surface area contributed by atoms with Crippen molar-refractivity contribution in [3.63, 3.8) is 0 Å². The lowest BCUT2D eigenvalue weighted by atomic mass is 10.3. The Morgan fingerprint density at radius 3 is 2.81 bits per heavy atom. The molecular weight excluding hydrogens is 274 g/mol. The molecule has 1 amide bonds. The van der Waals surface area contributed by atoms with Gasteiger partial charge in [0.2, 0.25) is 5.76 Å². The predicted octanol–water partition coefficient (Wildman–Crippen LogP) is 1.16. The number of ether oxygens (including phenoxy) is 1. The smallest absolute Gasteiger partial charge is 0.375 e. The van der Waals surface area contributed by atoms with Gasteiger partial charge in [-0.2, -0.15) is 5.10 Å². The number of esters is 1. The van der Waals surface area contributed by atoms with Crippen LogP contribution in [0.3, 0.4) is 0 Å². The normalized spacial score (nSPS) is 12.0. The van der Waals surface area contributed by atoms with Gasteiger partial charge >= 0.3 is 5.97 Å². The van der Waals surface area contributed by atoms with Crippen molar-refractivity contribution in [2.45, 2.75) is 19.6 Å². The Labute approximate surface area is 122 Å². The van der Waals surface area contributed by atoms with Crippen molar-refractivity contribution in [2.24, 2.45) is 0 Å². The molecule has 1 atom stereocenters. The Bertz CT molecular complexity index is 616. The Morgan fingerprint density at radius 2 is 2.19 bits per heavy atom. The Hall–Kier alpha value is -2.57. The van der Waals surface area contributed by atoms with Crippen LogP contribution in [0.25, 0.3) is 0 Å². The van der Waals surface area contributed by atoms with E-state index in [2.05, 4.69) is 5.10 Å². The molecule has 7 nitrogen and oxygen atoms in total. The molecule has 2 aromatic heterocycles. The molecule has 0 saturated heterocycles. The van der Waals surface area contributed by atoms with Crippen molar-refractivity contribution in [3.8, 4) is 0 Å². The van der Waals surface area contributed by atoms with Crippen LogP contribution in [0.5, 0.6) is 0 Å². The first kappa shape index (κ1) is 14.8. The number of amides is 1. The molecule has 1 unspecified atom stereocenters.